The summed E-state index contributed by atoms with van der Waals surface area (Å²) < 4.78 is 43.1. The number of fused-ring (bicyclic) bond motifs is 1. The molecular weight excluding hydrogens is 1060 g/mol. The fourth-order valence-electron chi connectivity index (χ4n) is 9.73. The number of nitrogens with zero attached hydrogens (tertiary/aromatic N) is 6. The van der Waals surface area contributed by atoms with E-state index in [0.29, 0.717) is 52.5 Å². The predicted molar refractivity (Wildman–Crippen MR) is 304 cm³/mol. The third-order valence-corrected chi connectivity index (χ3v) is 15.2. The maximum Gasteiger partial charge on any atom is 0.416 e. The Morgan fingerprint density at radius 3 is 2.19 bits per heavy atom. The van der Waals surface area contributed by atoms with Gasteiger partial charge in [0, 0.05) is 66.4 Å². The molecular formula is C59H66F3N11O7S. The van der Waals surface area contributed by atoms with Crippen LogP contribution in [0.1, 0.15) is 116 Å². The molecule has 4 heterocycles. The van der Waals surface area contributed by atoms with E-state index in [1.54, 1.807) is 65.5 Å². The first-order valence-electron chi connectivity index (χ1n) is 26.8. The fraction of sp³-hybridized carbons (Fsp3) is 0.373. The fourth-order valence-corrected chi connectivity index (χ4v) is 10.5. The molecule has 3 atom stereocenters. The number of carbonyl (C=O) groups excluding carboxylic acids is 6. The summed E-state index contributed by atoms with van der Waals surface area (Å²) in [5.41, 5.74) is 11.3. The molecule has 7 N–H and O–H groups in total. The highest BCUT2D eigenvalue weighted by atomic mass is 32.1. The predicted octanol–water partition coefficient (Wildman–Crippen LogP) is 9.70. The highest BCUT2D eigenvalue weighted by Crippen LogP contribution is 2.35. The van der Waals surface area contributed by atoms with E-state index in [2.05, 4.69) is 36.4 Å². The number of benzene rings is 4. The zero-order valence-electron chi connectivity index (χ0n) is 45.7. The van der Waals surface area contributed by atoms with Crippen LogP contribution in [0.4, 0.5) is 30.4 Å². The standard InChI is InChI=1S/C59H66F3N11O7S/c1-35-14-24-43(27-46(35)59(60,61)62)67-50(76)33-71-31-41(30-66-71)40-21-25-45-47(26-40)73(70-54(45)69-55(78)39-19-22-42(63)23-20-39)51(77)13-11-9-7-6-8-10-12-49(75)68-53(58(3,4)5)57(80)72-32-44(74)28-48(72)56(79)64-29-37-15-17-38(18-16-37)52-36(2)65-34-81-52/h14-27,30-31,34,44,48,53,74H,6-13,28-29,32-33,63H2,1-5H3,(H,64,79)(H,67,76)(H,68,75)(H,69,70,78). The number of β-amino-alcohol motifs (C(OH)–C–C–N with tert-alkyl or cyclic N) is 1. The molecule has 3 aromatic heterocycles. The van der Waals surface area contributed by atoms with Gasteiger partial charge in [-0.05, 0) is 103 Å². The molecule has 5 amide bonds. The van der Waals surface area contributed by atoms with Gasteiger partial charge in [0.2, 0.25) is 29.5 Å². The Bertz CT molecular complexity index is 3420. The van der Waals surface area contributed by atoms with E-state index in [1.165, 1.54) is 39.5 Å². The number of hydrogen-bond donors (Lipinski definition) is 6. The topological polar surface area (TPSA) is 249 Å². The average molecular weight is 1130 g/mol. The number of halogens is 3. The summed E-state index contributed by atoms with van der Waals surface area (Å²) in [6.45, 7) is 8.73. The van der Waals surface area contributed by atoms with Crippen LogP contribution in [-0.2, 0) is 38.4 Å². The number of rotatable bonds is 21. The van der Waals surface area contributed by atoms with Crippen LogP contribution in [0.3, 0.4) is 0 Å². The van der Waals surface area contributed by atoms with Crippen LogP contribution in [-0.4, -0.2) is 94.7 Å². The lowest BCUT2D eigenvalue weighted by Gasteiger charge is -2.35. The van der Waals surface area contributed by atoms with Crippen LogP contribution in [0.15, 0.2) is 103 Å². The Balaban J connectivity index is 0.823. The molecule has 426 valence electrons. The molecule has 3 unspecified atom stereocenters. The third-order valence-electron chi connectivity index (χ3n) is 14.2. The lowest BCUT2D eigenvalue weighted by atomic mass is 9.85. The number of aryl methyl sites for hydroxylation is 2. The van der Waals surface area contributed by atoms with Gasteiger partial charge in [0.05, 0.1) is 39.5 Å². The summed E-state index contributed by atoms with van der Waals surface area (Å²) in [4.78, 5) is 88.0. The number of hydrogen-bond acceptors (Lipinski definition) is 12. The molecule has 1 saturated heterocycles. The number of amides is 5. The van der Waals surface area contributed by atoms with Crippen LogP contribution < -0.4 is 27.0 Å². The van der Waals surface area contributed by atoms with E-state index in [4.69, 9.17) is 5.73 Å². The second-order valence-electron chi connectivity index (χ2n) is 21.5. The van der Waals surface area contributed by atoms with Crippen molar-refractivity contribution >= 4 is 74.9 Å². The van der Waals surface area contributed by atoms with Crippen LogP contribution in [0, 0.1) is 19.3 Å². The van der Waals surface area contributed by atoms with Gasteiger partial charge >= 0.3 is 6.18 Å². The van der Waals surface area contributed by atoms with Gasteiger partial charge in [0.25, 0.3) is 5.91 Å². The molecule has 4 aromatic carbocycles. The van der Waals surface area contributed by atoms with Crippen LogP contribution >= 0.6 is 11.3 Å². The highest BCUT2D eigenvalue weighted by molar-refractivity contribution is 7.13. The molecule has 0 aliphatic carbocycles. The minimum Gasteiger partial charge on any atom is -0.399 e. The number of unbranched alkanes of at least 4 members (excludes halogenated alkanes) is 5. The second-order valence-corrected chi connectivity index (χ2v) is 22.4. The van der Waals surface area contributed by atoms with Crippen molar-refractivity contribution in [2.75, 3.05) is 22.9 Å². The van der Waals surface area contributed by atoms with Gasteiger partial charge in [-0.1, -0.05) is 82.9 Å². The lowest BCUT2D eigenvalue weighted by molar-refractivity contribution is -0.144. The number of aromatic nitrogens is 5. The summed E-state index contributed by atoms with van der Waals surface area (Å²) in [6.07, 6.45) is 2.11. The van der Waals surface area contributed by atoms with E-state index in [-0.39, 0.29) is 73.7 Å². The van der Waals surface area contributed by atoms with E-state index in [9.17, 15) is 47.0 Å². The molecule has 0 bridgehead atoms. The molecule has 18 nitrogen and oxygen atoms in total. The van der Waals surface area contributed by atoms with E-state index >= 15 is 0 Å². The number of aliphatic hydroxyl groups excluding tert-OH is 1. The van der Waals surface area contributed by atoms with Crippen molar-refractivity contribution < 1.29 is 47.0 Å². The third kappa shape index (κ3) is 15.0. The normalized spacial score (nSPS) is 14.9. The van der Waals surface area contributed by atoms with Crippen LogP contribution in [0.5, 0.6) is 0 Å². The van der Waals surface area contributed by atoms with E-state index < -0.39 is 53.1 Å². The first kappa shape index (κ1) is 58.9. The van der Waals surface area contributed by atoms with Gasteiger partial charge in [-0.2, -0.15) is 23.0 Å². The largest absolute Gasteiger partial charge is 0.416 e. The Morgan fingerprint density at radius 2 is 1.51 bits per heavy atom. The van der Waals surface area contributed by atoms with Gasteiger partial charge in [-0.25, -0.2) is 4.98 Å². The molecule has 1 aliphatic rings. The number of nitrogens with one attached hydrogen (secondary N) is 4. The Hall–Kier alpha value is -8.24. The summed E-state index contributed by atoms with van der Waals surface area (Å²) >= 11 is 1.56. The minimum atomic E-state index is -4.58. The van der Waals surface area contributed by atoms with Gasteiger partial charge in [-0.3, -0.25) is 33.4 Å². The minimum absolute atomic E-state index is 0.00881. The molecule has 0 spiro atoms. The quantitative estimate of drug-likeness (QED) is 0.0292. The van der Waals surface area contributed by atoms with Crippen molar-refractivity contribution in [3.05, 3.63) is 131 Å². The number of nitrogen functional groups attached to an aromatic ring is 1. The maximum atomic E-state index is 14.1. The molecule has 1 fully saturated rings. The summed E-state index contributed by atoms with van der Waals surface area (Å²) in [5.74, 6) is -2.34. The Morgan fingerprint density at radius 1 is 0.815 bits per heavy atom. The second kappa shape index (κ2) is 25.5. The van der Waals surface area contributed by atoms with Crippen molar-refractivity contribution in [2.24, 2.45) is 5.41 Å². The van der Waals surface area contributed by atoms with Crippen molar-refractivity contribution in [2.45, 2.75) is 130 Å². The number of anilines is 3. The van der Waals surface area contributed by atoms with Crippen molar-refractivity contribution in [3.63, 3.8) is 0 Å². The van der Waals surface area contributed by atoms with Gasteiger partial charge < -0.3 is 37.0 Å². The van der Waals surface area contributed by atoms with Gasteiger partial charge in [0.1, 0.15) is 18.6 Å². The smallest absolute Gasteiger partial charge is 0.399 e. The first-order valence-corrected chi connectivity index (χ1v) is 27.7. The SMILES string of the molecule is Cc1ccc(NC(=O)Cn2cc(-c3ccc4c(NC(=O)c5ccc(N)cc5)nn(C(=O)CCCCCCCCC(=O)NC(C(=O)N5CC(O)CC5C(=O)NCc5ccc(-c6scnc6C)cc5)C(C)(C)C)c4c3)cn2)cc1C(F)(F)F. The monoisotopic (exact) mass is 1130 g/mol. The van der Waals surface area contributed by atoms with Gasteiger partial charge in [-0.15, -0.1) is 16.4 Å². The van der Waals surface area contributed by atoms with Gasteiger partial charge in [0.15, 0.2) is 5.82 Å². The highest BCUT2D eigenvalue weighted by Gasteiger charge is 2.44. The number of aliphatic hydroxyl groups is 1. The van der Waals surface area contributed by atoms with E-state index in [1.807, 2.05) is 52.0 Å². The lowest BCUT2D eigenvalue weighted by Crippen LogP contribution is -2.57. The summed E-state index contributed by atoms with van der Waals surface area (Å²) in [6, 6.07) is 21.1. The first-order chi connectivity index (χ1) is 38.5. The number of likely N-dealkylation sites (tertiary alicyclic amines) is 1. The molecule has 22 heteroatoms. The Kier molecular flexibility index (Phi) is 18.5. The number of carbonyl (C=O) groups is 6. The van der Waals surface area contributed by atoms with Crippen molar-refractivity contribution in [1.82, 2.24) is 40.1 Å². The van der Waals surface area contributed by atoms with Crippen molar-refractivity contribution in [1.29, 1.82) is 0 Å². The van der Waals surface area contributed by atoms with Crippen LogP contribution in [0.2, 0.25) is 0 Å². The molecule has 8 rings (SSSR count). The summed E-state index contributed by atoms with van der Waals surface area (Å²) in [7, 11) is 0. The summed E-state index contributed by atoms with van der Waals surface area (Å²) in [5, 5.41) is 31.2. The zero-order chi connectivity index (χ0) is 58.2. The number of alkyl halides is 3. The average Bonchev–Trinajstić information content (AvgIpc) is 4.38. The Labute approximate surface area is 470 Å². The number of thiazole rings is 1. The molecule has 7 aromatic rings. The molecule has 0 radical (unpaired) electrons. The zero-order valence-corrected chi connectivity index (χ0v) is 46.5. The number of nitrogens with two attached hydrogens (primary N) is 1. The maximum absolute atomic E-state index is 14.1. The molecule has 81 heavy (non-hydrogen) atoms. The van der Waals surface area contributed by atoms with Crippen LogP contribution in [0.25, 0.3) is 32.5 Å². The molecule has 0 saturated carbocycles. The van der Waals surface area contributed by atoms with Crippen molar-refractivity contribution in [3.8, 4) is 21.6 Å². The molecule has 1 aliphatic heterocycles. The van der Waals surface area contributed by atoms with E-state index in [0.717, 1.165) is 47.0 Å².